The fourth-order valence-corrected chi connectivity index (χ4v) is 2.20. The maximum atomic E-state index is 10.4. The summed E-state index contributed by atoms with van der Waals surface area (Å²) < 4.78 is 16.5. The van der Waals surface area contributed by atoms with Crippen LogP contribution in [0.2, 0.25) is 0 Å². The van der Waals surface area contributed by atoms with Gasteiger partial charge in [0, 0.05) is 5.56 Å². The highest BCUT2D eigenvalue weighted by atomic mass is 16.7. The van der Waals surface area contributed by atoms with Gasteiger partial charge in [0.05, 0.1) is 20.3 Å². The molecule has 1 N–H and O–H groups in total. The fraction of sp³-hybridized carbons (Fsp3) is 0.571. The number of aliphatic hydroxyl groups excluding tert-OH is 1. The molecule has 1 aromatic carbocycles. The summed E-state index contributed by atoms with van der Waals surface area (Å²) in [7, 11) is 1.62. The largest absolute Gasteiger partial charge is 0.497 e. The molecule has 1 saturated heterocycles. The van der Waals surface area contributed by atoms with Crippen molar-refractivity contribution in [1.29, 1.82) is 0 Å². The zero-order valence-corrected chi connectivity index (χ0v) is 11.1. The van der Waals surface area contributed by atoms with Crippen molar-refractivity contribution in [2.45, 2.75) is 25.7 Å². The van der Waals surface area contributed by atoms with E-state index in [1.807, 2.05) is 38.1 Å². The Morgan fingerprint density at radius 3 is 2.17 bits per heavy atom. The van der Waals surface area contributed by atoms with Crippen molar-refractivity contribution in [1.82, 2.24) is 0 Å². The van der Waals surface area contributed by atoms with Gasteiger partial charge in [-0.15, -0.1) is 0 Å². The first-order chi connectivity index (χ1) is 8.60. The van der Waals surface area contributed by atoms with Crippen LogP contribution in [0.25, 0.3) is 0 Å². The van der Waals surface area contributed by atoms with E-state index in [1.165, 1.54) is 0 Å². The molecule has 0 bridgehead atoms. The van der Waals surface area contributed by atoms with Gasteiger partial charge in [-0.2, -0.15) is 0 Å². The molecule has 0 saturated carbocycles. The maximum absolute atomic E-state index is 10.4. The monoisotopic (exact) mass is 252 g/mol. The van der Waals surface area contributed by atoms with Crippen LogP contribution in [0.3, 0.4) is 0 Å². The van der Waals surface area contributed by atoms with Crippen molar-refractivity contribution < 1.29 is 19.3 Å². The molecule has 0 radical (unpaired) electrons. The summed E-state index contributed by atoms with van der Waals surface area (Å²) in [5.74, 6) is -0.225. The Hall–Kier alpha value is -1.10. The Morgan fingerprint density at radius 2 is 1.72 bits per heavy atom. The van der Waals surface area contributed by atoms with E-state index >= 15 is 0 Å². The van der Waals surface area contributed by atoms with Gasteiger partial charge >= 0.3 is 0 Å². The first kappa shape index (κ1) is 13.3. The lowest BCUT2D eigenvalue weighted by atomic mass is 9.92. The van der Waals surface area contributed by atoms with E-state index in [1.54, 1.807) is 7.11 Å². The number of benzene rings is 1. The summed E-state index contributed by atoms with van der Waals surface area (Å²) in [6.45, 7) is 4.88. The van der Waals surface area contributed by atoms with Crippen LogP contribution in [0.4, 0.5) is 0 Å². The quantitative estimate of drug-likeness (QED) is 0.889. The molecule has 100 valence electrons. The molecule has 0 aromatic heterocycles. The molecule has 1 atom stereocenters. The van der Waals surface area contributed by atoms with Gasteiger partial charge in [-0.25, -0.2) is 0 Å². The van der Waals surface area contributed by atoms with Crippen LogP contribution >= 0.6 is 0 Å². The van der Waals surface area contributed by atoms with Crippen molar-refractivity contribution in [2.24, 2.45) is 5.92 Å². The Balaban J connectivity index is 2.34. The van der Waals surface area contributed by atoms with E-state index in [-0.39, 0.29) is 5.92 Å². The fourth-order valence-electron chi connectivity index (χ4n) is 2.20. The predicted octanol–water partition coefficient (Wildman–Crippen LogP) is 1.91. The van der Waals surface area contributed by atoms with Gasteiger partial charge in [0.15, 0.2) is 0 Å². The lowest BCUT2D eigenvalue weighted by molar-refractivity contribution is -0.240. The number of aliphatic hydroxyl groups is 1. The van der Waals surface area contributed by atoms with Crippen LogP contribution in [0.15, 0.2) is 24.3 Å². The molecule has 1 unspecified atom stereocenters. The minimum atomic E-state index is -1.04. The van der Waals surface area contributed by atoms with Gasteiger partial charge < -0.3 is 19.3 Å². The molecule has 1 aliphatic heterocycles. The topological polar surface area (TPSA) is 47.9 Å². The molecule has 0 spiro atoms. The molecule has 1 aliphatic rings. The van der Waals surface area contributed by atoms with E-state index in [0.29, 0.717) is 13.2 Å². The highest BCUT2D eigenvalue weighted by Gasteiger charge is 2.46. The van der Waals surface area contributed by atoms with E-state index in [4.69, 9.17) is 14.2 Å². The summed E-state index contributed by atoms with van der Waals surface area (Å²) >= 11 is 0. The summed E-state index contributed by atoms with van der Waals surface area (Å²) in [6, 6.07) is 7.43. The van der Waals surface area contributed by atoms with Crippen molar-refractivity contribution in [3.8, 4) is 5.75 Å². The standard InChI is InChI=1S/C14H20O4/c1-10(2)13(15)14(17-8-9-18-14)11-4-6-12(16-3)7-5-11/h4-7,10,13,15H,8-9H2,1-3H3. The van der Waals surface area contributed by atoms with E-state index in [9.17, 15) is 5.11 Å². The van der Waals surface area contributed by atoms with Crippen LogP contribution in [0.5, 0.6) is 5.75 Å². The molecule has 4 nitrogen and oxygen atoms in total. The summed E-state index contributed by atoms with van der Waals surface area (Å²) in [5, 5.41) is 10.4. The first-order valence-corrected chi connectivity index (χ1v) is 6.20. The molecule has 1 fully saturated rings. The second-order valence-corrected chi connectivity index (χ2v) is 4.78. The normalized spacial score (nSPS) is 20.1. The van der Waals surface area contributed by atoms with E-state index in [0.717, 1.165) is 11.3 Å². The van der Waals surface area contributed by atoms with Crippen molar-refractivity contribution in [3.05, 3.63) is 29.8 Å². The Kier molecular flexibility index (Phi) is 3.90. The van der Waals surface area contributed by atoms with Gasteiger partial charge in [-0.05, 0) is 30.2 Å². The molecule has 2 rings (SSSR count). The highest BCUT2D eigenvalue weighted by molar-refractivity contribution is 5.31. The van der Waals surface area contributed by atoms with Crippen LogP contribution in [-0.4, -0.2) is 31.5 Å². The third-order valence-electron chi connectivity index (χ3n) is 3.23. The molecule has 18 heavy (non-hydrogen) atoms. The average Bonchev–Trinajstić information content (AvgIpc) is 2.88. The number of hydrogen-bond donors (Lipinski definition) is 1. The van der Waals surface area contributed by atoms with Crippen molar-refractivity contribution >= 4 is 0 Å². The molecule has 4 heteroatoms. The van der Waals surface area contributed by atoms with Crippen LogP contribution < -0.4 is 4.74 Å². The molecule has 0 aliphatic carbocycles. The summed E-state index contributed by atoms with van der Waals surface area (Å²) in [6.07, 6.45) is -0.701. The van der Waals surface area contributed by atoms with Gasteiger partial charge in [-0.1, -0.05) is 13.8 Å². The molecule has 1 aromatic rings. The van der Waals surface area contributed by atoms with Crippen molar-refractivity contribution in [2.75, 3.05) is 20.3 Å². The lowest BCUT2D eigenvalue weighted by Crippen LogP contribution is -2.43. The smallest absolute Gasteiger partial charge is 0.222 e. The number of methoxy groups -OCH3 is 1. The predicted molar refractivity (Wildman–Crippen MR) is 67.4 cm³/mol. The average molecular weight is 252 g/mol. The number of rotatable bonds is 4. The zero-order chi connectivity index (χ0) is 13.2. The zero-order valence-electron chi connectivity index (χ0n) is 11.1. The van der Waals surface area contributed by atoms with Crippen molar-refractivity contribution in [3.63, 3.8) is 0 Å². The maximum Gasteiger partial charge on any atom is 0.222 e. The third-order valence-corrected chi connectivity index (χ3v) is 3.23. The molecule has 1 heterocycles. The molecular weight excluding hydrogens is 232 g/mol. The van der Waals surface area contributed by atoms with Crippen LogP contribution in [-0.2, 0) is 15.3 Å². The minimum absolute atomic E-state index is 0.0465. The van der Waals surface area contributed by atoms with Gasteiger partial charge in [-0.3, -0.25) is 0 Å². The van der Waals surface area contributed by atoms with Crippen LogP contribution in [0.1, 0.15) is 19.4 Å². The Labute approximate surface area is 107 Å². The number of hydrogen-bond acceptors (Lipinski definition) is 4. The molecular formula is C14H20O4. The molecule has 0 amide bonds. The summed E-state index contributed by atoms with van der Waals surface area (Å²) in [5.41, 5.74) is 0.821. The third kappa shape index (κ3) is 2.23. The minimum Gasteiger partial charge on any atom is -0.497 e. The summed E-state index contributed by atoms with van der Waals surface area (Å²) in [4.78, 5) is 0. The first-order valence-electron chi connectivity index (χ1n) is 6.20. The second kappa shape index (κ2) is 5.26. The highest BCUT2D eigenvalue weighted by Crippen LogP contribution is 2.38. The Bertz CT molecular complexity index is 379. The SMILES string of the molecule is COc1ccc(C2(C(O)C(C)C)OCCO2)cc1. The van der Waals surface area contributed by atoms with Gasteiger partial charge in [0.1, 0.15) is 11.9 Å². The number of ether oxygens (including phenoxy) is 3. The van der Waals surface area contributed by atoms with E-state index < -0.39 is 11.9 Å². The lowest BCUT2D eigenvalue weighted by Gasteiger charge is -2.34. The van der Waals surface area contributed by atoms with Crippen LogP contribution in [0, 0.1) is 5.92 Å². The second-order valence-electron chi connectivity index (χ2n) is 4.78. The van der Waals surface area contributed by atoms with Gasteiger partial charge in [0.25, 0.3) is 0 Å². The Morgan fingerprint density at radius 1 is 1.17 bits per heavy atom. The van der Waals surface area contributed by atoms with Gasteiger partial charge in [0.2, 0.25) is 5.79 Å². The van der Waals surface area contributed by atoms with E-state index in [2.05, 4.69) is 0 Å².